The minimum atomic E-state index is -0.972. The lowest BCUT2D eigenvalue weighted by atomic mass is 9.46. The van der Waals surface area contributed by atoms with Crippen LogP contribution >= 0.6 is 0 Å². The predicted molar refractivity (Wildman–Crippen MR) is 95.0 cm³/mol. The Kier molecular flexibility index (Phi) is 4.12. The highest BCUT2D eigenvalue weighted by molar-refractivity contribution is 5.92. The van der Waals surface area contributed by atoms with Crippen LogP contribution in [-0.4, -0.2) is 40.3 Å². The number of aliphatic hydroxyl groups is 2. The minimum Gasteiger partial charge on any atom is -0.462 e. The van der Waals surface area contributed by atoms with E-state index < -0.39 is 12.2 Å². The third-order valence-corrected chi connectivity index (χ3v) is 8.28. The Hall–Kier alpha value is -1.20. The summed E-state index contributed by atoms with van der Waals surface area (Å²) in [7, 11) is 0. The molecule has 144 valence electrons. The van der Waals surface area contributed by atoms with Crippen molar-refractivity contribution in [3.8, 4) is 0 Å². The first-order valence-electron chi connectivity index (χ1n) is 9.97. The number of carbonyl (C=O) groups is 2. The quantitative estimate of drug-likeness (QED) is 0.700. The van der Waals surface area contributed by atoms with Gasteiger partial charge in [-0.2, -0.15) is 0 Å². The molecule has 0 heterocycles. The second kappa shape index (κ2) is 5.90. The SMILES string of the molecule is CC(=O)O[C@H]1CC[C@H]2[C@@H]3[C@@H](O)[C@@H](O)C4=CC(=O)CC[C@]4(C)[C@H]3CC[C@]12C. The smallest absolute Gasteiger partial charge is 0.302 e. The first kappa shape index (κ1) is 18.2. The Morgan fingerprint density at radius 3 is 2.58 bits per heavy atom. The molecule has 4 aliphatic rings. The second-order valence-corrected chi connectivity index (χ2v) is 9.43. The molecule has 0 bridgehead atoms. The van der Waals surface area contributed by atoms with E-state index in [0.29, 0.717) is 6.42 Å². The van der Waals surface area contributed by atoms with Crippen LogP contribution in [0.15, 0.2) is 11.6 Å². The molecule has 2 N–H and O–H groups in total. The van der Waals surface area contributed by atoms with E-state index in [1.165, 1.54) is 6.92 Å². The van der Waals surface area contributed by atoms with Crippen LogP contribution in [0.2, 0.25) is 0 Å². The number of ketones is 1. The summed E-state index contributed by atoms with van der Waals surface area (Å²) in [5, 5.41) is 21.9. The van der Waals surface area contributed by atoms with Crippen molar-refractivity contribution in [3.63, 3.8) is 0 Å². The molecule has 4 rings (SSSR count). The van der Waals surface area contributed by atoms with Gasteiger partial charge in [0, 0.05) is 18.8 Å². The molecule has 0 aromatic heterocycles. The number of fused-ring (bicyclic) bond motifs is 5. The normalized spacial score (nSPS) is 50.3. The predicted octanol–water partition coefficient (Wildman–Crippen LogP) is 2.39. The van der Waals surface area contributed by atoms with Gasteiger partial charge in [-0.25, -0.2) is 0 Å². The van der Waals surface area contributed by atoms with Gasteiger partial charge in [0.1, 0.15) is 12.2 Å². The first-order valence-corrected chi connectivity index (χ1v) is 9.97. The summed E-state index contributed by atoms with van der Waals surface area (Å²) >= 11 is 0. The Morgan fingerprint density at radius 1 is 1.15 bits per heavy atom. The lowest BCUT2D eigenvalue weighted by Crippen LogP contribution is -2.60. The molecule has 5 nitrogen and oxygen atoms in total. The molecule has 0 radical (unpaired) electrons. The van der Waals surface area contributed by atoms with Crippen LogP contribution in [0, 0.1) is 28.6 Å². The van der Waals surface area contributed by atoms with Gasteiger partial charge >= 0.3 is 5.97 Å². The number of aliphatic hydroxyl groups excluding tert-OH is 2. The van der Waals surface area contributed by atoms with E-state index >= 15 is 0 Å². The molecule has 8 atom stereocenters. The Bertz CT molecular complexity index is 669. The number of rotatable bonds is 1. The molecule has 0 aromatic carbocycles. The zero-order chi connectivity index (χ0) is 18.9. The number of carbonyl (C=O) groups excluding carboxylic acids is 2. The maximum Gasteiger partial charge on any atom is 0.302 e. The second-order valence-electron chi connectivity index (χ2n) is 9.43. The fourth-order valence-corrected chi connectivity index (χ4v) is 6.92. The van der Waals surface area contributed by atoms with Gasteiger partial charge in [-0.05, 0) is 66.9 Å². The Balaban J connectivity index is 1.71. The third-order valence-electron chi connectivity index (χ3n) is 8.28. The van der Waals surface area contributed by atoms with Gasteiger partial charge in [-0.15, -0.1) is 0 Å². The van der Waals surface area contributed by atoms with Crippen molar-refractivity contribution in [2.75, 3.05) is 0 Å². The summed E-state index contributed by atoms with van der Waals surface area (Å²) in [6, 6.07) is 0. The van der Waals surface area contributed by atoms with Crippen molar-refractivity contribution in [1.29, 1.82) is 0 Å². The topological polar surface area (TPSA) is 83.8 Å². The highest BCUT2D eigenvalue weighted by Crippen LogP contribution is 2.65. The zero-order valence-corrected chi connectivity index (χ0v) is 15.9. The van der Waals surface area contributed by atoms with Crippen molar-refractivity contribution in [2.45, 2.75) is 77.6 Å². The molecule has 0 amide bonds. The summed E-state index contributed by atoms with van der Waals surface area (Å²) in [6.45, 7) is 5.81. The Labute approximate surface area is 154 Å². The lowest BCUT2D eigenvalue weighted by molar-refractivity contribution is -0.170. The van der Waals surface area contributed by atoms with Gasteiger partial charge < -0.3 is 14.9 Å². The van der Waals surface area contributed by atoms with E-state index in [1.54, 1.807) is 6.08 Å². The summed E-state index contributed by atoms with van der Waals surface area (Å²) < 4.78 is 5.63. The van der Waals surface area contributed by atoms with E-state index in [-0.39, 0.29) is 46.4 Å². The highest BCUT2D eigenvalue weighted by atomic mass is 16.5. The van der Waals surface area contributed by atoms with Gasteiger partial charge in [-0.1, -0.05) is 13.8 Å². The largest absolute Gasteiger partial charge is 0.462 e. The van der Waals surface area contributed by atoms with E-state index in [0.717, 1.165) is 37.7 Å². The molecule has 0 aromatic rings. The fraction of sp³-hybridized carbons (Fsp3) is 0.810. The molecule has 4 aliphatic carbocycles. The molecule has 0 saturated heterocycles. The summed E-state index contributed by atoms with van der Waals surface area (Å²) in [4.78, 5) is 23.5. The number of hydrogen-bond donors (Lipinski definition) is 2. The van der Waals surface area contributed by atoms with Crippen molar-refractivity contribution in [3.05, 3.63) is 11.6 Å². The van der Waals surface area contributed by atoms with E-state index in [9.17, 15) is 19.8 Å². The van der Waals surface area contributed by atoms with Crippen LogP contribution in [0.3, 0.4) is 0 Å². The highest BCUT2D eigenvalue weighted by Gasteiger charge is 2.64. The monoisotopic (exact) mass is 362 g/mol. The standard InChI is InChI=1S/C21H30O5/c1-11(22)26-16-5-4-13-17-14(7-9-21(13,16)3)20(2)8-6-12(23)10-15(20)18(24)19(17)25/h10,13-14,16-19,24-25H,4-9H2,1-3H3/t13-,14-,16-,17-,18-,19+,20+,21-/m0/s1. The van der Waals surface area contributed by atoms with Crippen LogP contribution in [0.4, 0.5) is 0 Å². The average molecular weight is 362 g/mol. The molecule has 26 heavy (non-hydrogen) atoms. The van der Waals surface area contributed by atoms with Gasteiger partial charge in [0.05, 0.1) is 6.10 Å². The van der Waals surface area contributed by atoms with Crippen molar-refractivity contribution in [2.24, 2.45) is 28.6 Å². The van der Waals surface area contributed by atoms with Crippen LogP contribution < -0.4 is 0 Å². The van der Waals surface area contributed by atoms with E-state index in [4.69, 9.17) is 4.74 Å². The summed E-state index contributed by atoms with van der Waals surface area (Å²) in [5.41, 5.74) is 0.369. The molecular weight excluding hydrogens is 332 g/mol. The minimum absolute atomic E-state index is 0.0142. The van der Waals surface area contributed by atoms with Crippen molar-refractivity contribution < 1.29 is 24.5 Å². The summed E-state index contributed by atoms with van der Waals surface area (Å²) in [6.07, 6.45) is 4.55. The van der Waals surface area contributed by atoms with Gasteiger partial charge in [-0.3, -0.25) is 9.59 Å². The lowest BCUT2D eigenvalue weighted by Gasteiger charge is -2.60. The fourth-order valence-electron chi connectivity index (χ4n) is 6.92. The first-order chi connectivity index (χ1) is 12.2. The molecule has 5 heteroatoms. The maximum absolute atomic E-state index is 11.9. The van der Waals surface area contributed by atoms with Crippen LogP contribution in [0.25, 0.3) is 0 Å². The van der Waals surface area contributed by atoms with Crippen LogP contribution in [0.1, 0.15) is 59.3 Å². The van der Waals surface area contributed by atoms with E-state index in [1.807, 2.05) is 0 Å². The molecule has 0 aliphatic heterocycles. The average Bonchev–Trinajstić information content (AvgIpc) is 2.90. The number of ether oxygens (including phenoxy) is 1. The van der Waals surface area contributed by atoms with Crippen LogP contribution in [0.5, 0.6) is 0 Å². The summed E-state index contributed by atoms with van der Waals surface area (Å²) in [5.74, 6) is 0.283. The molecule has 0 spiro atoms. The molecule has 3 saturated carbocycles. The molecule has 3 fully saturated rings. The van der Waals surface area contributed by atoms with Gasteiger partial charge in [0.15, 0.2) is 5.78 Å². The number of esters is 1. The van der Waals surface area contributed by atoms with Crippen molar-refractivity contribution >= 4 is 11.8 Å². The van der Waals surface area contributed by atoms with Crippen LogP contribution in [-0.2, 0) is 14.3 Å². The Morgan fingerprint density at radius 2 is 1.88 bits per heavy atom. The van der Waals surface area contributed by atoms with Gasteiger partial charge in [0.2, 0.25) is 0 Å². The molecular formula is C21H30O5. The van der Waals surface area contributed by atoms with Gasteiger partial charge in [0.25, 0.3) is 0 Å². The zero-order valence-electron chi connectivity index (χ0n) is 15.9. The number of hydrogen-bond acceptors (Lipinski definition) is 5. The van der Waals surface area contributed by atoms with Crippen molar-refractivity contribution in [1.82, 2.24) is 0 Å². The van der Waals surface area contributed by atoms with E-state index in [2.05, 4.69) is 13.8 Å². The third kappa shape index (κ3) is 2.36. The maximum atomic E-state index is 11.9. The molecule has 0 unspecified atom stereocenters.